The highest BCUT2D eigenvalue weighted by Crippen LogP contribution is 2.19. The summed E-state index contributed by atoms with van der Waals surface area (Å²) in [6.45, 7) is 4.24. The van der Waals surface area contributed by atoms with Crippen LogP contribution in [0.5, 0.6) is 0 Å². The maximum Gasteiger partial charge on any atom is 0.325 e. The van der Waals surface area contributed by atoms with Gasteiger partial charge in [-0.2, -0.15) is 0 Å². The minimum atomic E-state index is -1.37. The van der Waals surface area contributed by atoms with Crippen molar-refractivity contribution in [1.29, 1.82) is 0 Å². The van der Waals surface area contributed by atoms with E-state index in [1.165, 1.54) is 6.92 Å². The summed E-state index contributed by atoms with van der Waals surface area (Å²) in [5.74, 6) is -3.30. The lowest BCUT2D eigenvalue weighted by molar-refractivity contribution is -0.142. The topological polar surface area (TPSA) is 187 Å². The molecule has 0 aliphatic carbocycles. The van der Waals surface area contributed by atoms with Crippen molar-refractivity contribution < 1.29 is 29.4 Å². The summed E-state index contributed by atoms with van der Waals surface area (Å²) in [6.07, 6.45) is 2.31. The van der Waals surface area contributed by atoms with Crippen LogP contribution < -0.4 is 21.7 Å². The Morgan fingerprint density at radius 2 is 1.59 bits per heavy atom. The zero-order valence-corrected chi connectivity index (χ0v) is 19.5. The van der Waals surface area contributed by atoms with Crippen molar-refractivity contribution in [1.82, 2.24) is 20.9 Å². The van der Waals surface area contributed by atoms with Gasteiger partial charge in [-0.1, -0.05) is 32.0 Å². The van der Waals surface area contributed by atoms with Crippen molar-refractivity contribution in [3.8, 4) is 0 Å². The third-order valence-electron chi connectivity index (χ3n) is 5.34. The lowest BCUT2D eigenvalue weighted by atomic mass is 10.0. The van der Waals surface area contributed by atoms with Gasteiger partial charge >= 0.3 is 5.97 Å². The molecule has 1 aromatic heterocycles. The van der Waals surface area contributed by atoms with Gasteiger partial charge in [-0.25, -0.2) is 0 Å². The molecule has 1 heterocycles. The molecule has 0 aliphatic rings. The molecule has 34 heavy (non-hydrogen) atoms. The maximum absolute atomic E-state index is 12.8. The molecule has 3 amide bonds. The third kappa shape index (κ3) is 7.29. The molecule has 2 rings (SSSR count). The van der Waals surface area contributed by atoms with Gasteiger partial charge in [-0.05, 0) is 37.3 Å². The fourth-order valence-electron chi connectivity index (χ4n) is 3.45. The van der Waals surface area contributed by atoms with Crippen molar-refractivity contribution in [3.63, 3.8) is 0 Å². The van der Waals surface area contributed by atoms with Crippen LogP contribution in [0.3, 0.4) is 0 Å². The van der Waals surface area contributed by atoms with Gasteiger partial charge in [0, 0.05) is 17.1 Å². The molecule has 1 aromatic carbocycles. The summed E-state index contributed by atoms with van der Waals surface area (Å²) >= 11 is 0. The Hall–Kier alpha value is -3.44. The molecule has 11 heteroatoms. The van der Waals surface area contributed by atoms with E-state index in [1.807, 2.05) is 38.1 Å². The molecule has 0 bridgehead atoms. The van der Waals surface area contributed by atoms with Gasteiger partial charge in [0.05, 0.1) is 12.6 Å². The standard InChI is InChI=1S/C23H33N5O6/c1-12(2)8-18(21(31)28-19(11-29)22(32)26-13(3)23(33)34)27-20(30)16(24)9-14-10-25-17-7-5-4-6-15(14)17/h4-7,10,12-13,16,18-19,25,29H,8-9,11,24H2,1-3H3,(H,26,32)(H,27,30)(H,28,31)(H,33,34). The van der Waals surface area contributed by atoms with E-state index in [4.69, 9.17) is 10.8 Å². The molecule has 0 radical (unpaired) electrons. The second kappa shape index (κ2) is 12.1. The number of fused-ring (bicyclic) bond motifs is 1. The third-order valence-corrected chi connectivity index (χ3v) is 5.34. The first-order valence-electron chi connectivity index (χ1n) is 11.1. The number of amides is 3. The second-order valence-electron chi connectivity index (χ2n) is 8.67. The number of aromatic nitrogens is 1. The number of H-pyrrole nitrogens is 1. The van der Waals surface area contributed by atoms with Gasteiger partial charge in [0.25, 0.3) is 0 Å². The number of carbonyl (C=O) groups excluding carboxylic acids is 3. The molecule has 2 aromatic rings. The number of hydrogen-bond acceptors (Lipinski definition) is 6. The number of aromatic amines is 1. The van der Waals surface area contributed by atoms with E-state index in [2.05, 4.69) is 20.9 Å². The van der Waals surface area contributed by atoms with Crippen LogP contribution in [0.15, 0.2) is 30.5 Å². The molecule has 186 valence electrons. The molecule has 0 aliphatic heterocycles. The molecular formula is C23H33N5O6. The first kappa shape index (κ1) is 26.8. The van der Waals surface area contributed by atoms with E-state index in [0.29, 0.717) is 0 Å². The zero-order chi connectivity index (χ0) is 25.4. The van der Waals surface area contributed by atoms with Crippen LogP contribution in [0.25, 0.3) is 10.9 Å². The lowest BCUT2D eigenvalue weighted by Crippen LogP contribution is -2.58. The Morgan fingerprint density at radius 1 is 0.971 bits per heavy atom. The Labute approximate surface area is 197 Å². The normalized spacial score (nSPS) is 14.8. The molecule has 0 fully saturated rings. The van der Waals surface area contributed by atoms with E-state index in [9.17, 15) is 24.3 Å². The largest absolute Gasteiger partial charge is 0.480 e. The van der Waals surface area contributed by atoms with Crippen LogP contribution in [0.4, 0.5) is 0 Å². The number of aliphatic hydroxyl groups is 1. The monoisotopic (exact) mass is 475 g/mol. The van der Waals surface area contributed by atoms with E-state index >= 15 is 0 Å². The Kier molecular flexibility index (Phi) is 9.58. The van der Waals surface area contributed by atoms with Gasteiger partial charge in [0.2, 0.25) is 17.7 Å². The predicted octanol–water partition coefficient (Wildman–Crippen LogP) is -0.365. The SMILES string of the molecule is CC(C)CC(NC(=O)C(N)Cc1c[nH]c2ccccc12)C(=O)NC(CO)C(=O)NC(C)C(=O)O. The fourth-order valence-corrected chi connectivity index (χ4v) is 3.45. The molecule has 0 spiro atoms. The first-order chi connectivity index (χ1) is 16.0. The molecule has 4 unspecified atom stereocenters. The van der Waals surface area contributed by atoms with Crippen molar-refractivity contribution in [3.05, 3.63) is 36.0 Å². The number of benzene rings is 1. The Bertz CT molecular complexity index is 1020. The highest BCUT2D eigenvalue weighted by molar-refractivity contribution is 5.94. The summed E-state index contributed by atoms with van der Waals surface area (Å²) in [7, 11) is 0. The predicted molar refractivity (Wildman–Crippen MR) is 126 cm³/mol. The molecule has 0 saturated heterocycles. The number of rotatable bonds is 12. The van der Waals surface area contributed by atoms with Crippen LogP contribution in [0, 0.1) is 5.92 Å². The summed E-state index contributed by atoms with van der Waals surface area (Å²) in [5, 5.41) is 26.6. The highest BCUT2D eigenvalue weighted by atomic mass is 16.4. The summed E-state index contributed by atoms with van der Waals surface area (Å²) < 4.78 is 0. The maximum atomic E-state index is 12.8. The van der Waals surface area contributed by atoms with Crippen LogP contribution in [-0.2, 0) is 25.6 Å². The van der Waals surface area contributed by atoms with Crippen molar-refractivity contribution >= 4 is 34.6 Å². The molecule has 4 atom stereocenters. The Morgan fingerprint density at radius 3 is 2.21 bits per heavy atom. The van der Waals surface area contributed by atoms with E-state index in [-0.39, 0.29) is 18.8 Å². The average Bonchev–Trinajstić information content (AvgIpc) is 3.18. The zero-order valence-electron chi connectivity index (χ0n) is 19.5. The quantitative estimate of drug-likeness (QED) is 0.218. The smallest absolute Gasteiger partial charge is 0.325 e. The number of nitrogens with two attached hydrogens (primary N) is 1. The molecule has 11 nitrogen and oxygen atoms in total. The summed E-state index contributed by atoms with van der Waals surface area (Å²) in [4.78, 5) is 51.9. The van der Waals surface area contributed by atoms with E-state index < -0.39 is 54.5 Å². The van der Waals surface area contributed by atoms with Crippen LogP contribution >= 0.6 is 0 Å². The summed E-state index contributed by atoms with van der Waals surface area (Å²) in [6, 6.07) is 3.12. The average molecular weight is 476 g/mol. The second-order valence-corrected chi connectivity index (χ2v) is 8.67. The van der Waals surface area contributed by atoms with Crippen LogP contribution in [-0.4, -0.2) is 69.7 Å². The minimum absolute atomic E-state index is 0.0225. The lowest BCUT2D eigenvalue weighted by Gasteiger charge is -2.25. The van der Waals surface area contributed by atoms with Crippen LogP contribution in [0.1, 0.15) is 32.8 Å². The minimum Gasteiger partial charge on any atom is -0.480 e. The summed E-state index contributed by atoms with van der Waals surface area (Å²) in [5.41, 5.74) is 7.91. The van der Waals surface area contributed by atoms with Crippen molar-refractivity contribution in [2.75, 3.05) is 6.61 Å². The first-order valence-corrected chi connectivity index (χ1v) is 11.1. The number of hydrogen-bond donors (Lipinski definition) is 7. The number of aliphatic hydroxyl groups excluding tert-OH is 1. The van der Waals surface area contributed by atoms with Gasteiger partial charge in [-0.3, -0.25) is 19.2 Å². The molecular weight excluding hydrogens is 442 g/mol. The number of carboxylic acid groups (broad SMARTS) is 1. The van der Waals surface area contributed by atoms with Crippen molar-refractivity contribution in [2.45, 2.75) is 57.8 Å². The van der Waals surface area contributed by atoms with Gasteiger partial charge in [0.1, 0.15) is 18.1 Å². The van der Waals surface area contributed by atoms with E-state index in [1.54, 1.807) is 6.20 Å². The number of carbonyl (C=O) groups is 4. The van der Waals surface area contributed by atoms with Gasteiger partial charge in [-0.15, -0.1) is 0 Å². The van der Waals surface area contributed by atoms with Crippen LogP contribution in [0.2, 0.25) is 0 Å². The highest BCUT2D eigenvalue weighted by Gasteiger charge is 2.29. The molecule has 0 saturated carbocycles. The fraction of sp³-hybridized carbons (Fsp3) is 0.478. The number of aliphatic carboxylic acids is 1. The van der Waals surface area contributed by atoms with Gasteiger partial charge in [0.15, 0.2) is 0 Å². The number of para-hydroxylation sites is 1. The van der Waals surface area contributed by atoms with E-state index in [0.717, 1.165) is 16.5 Å². The van der Waals surface area contributed by atoms with Gasteiger partial charge < -0.3 is 36.9 Å². The number of nitrogens with one attached hydrogen (secondary N) is 4. The number of carboxylic acids is 1. The Balaban J connectivity index is 2.05. The molecule has 8 N–H and O–H groups in total. The van der Waals surface area contributed by atoms with Crippen molar-refractivity contribution in [2.24, 2.45) is 11.7 Å².